The van der Waals surface area contributed by atoms with Gasteiger partial charge in [-0.05, 0) is 37.6 Å². The molecule has 1 aromatic heterocycles. The highest BCUT2D eigenvalue weighted by Crippen LogP contribution is 2.25. The van der Waals surface area contributed by atoms with Crippen molar-refractivity contribution in [1.82, 2.24) is 9.97 Å². The van der Waals surface area contributed by atoms with Crippen LogP contribution in [0.1, 0.15) is 11.1 Å². The molecule has 0 aliphatic rings. The molecule has 2 aromatic rings. The molecule has 88 valence electrons. The van der Waals surface area contributed by atoms with Gasteiger partial charge in [-0.2, -0.15) is 0 Å². The minimum Gasteiger partial charge on any atom is -0.340 e. The molecule has 3 nitrogen and oxygen atoms in total. The molecule has 0 aliphatic carbocycles. The standard InChI is InChI=1S/C12H11BrClN3/c1-7-3-9(13)5-10(4-7)17-12-8(2)11(14)15-6-16-12/h3-6H,1-2H3,(H,15,16,17). The highest BCUT2D eigenvalue weighted by atomic mass is 79.9. The Morgan fingerprint density at radius 1 is 1.18 bits per heavy atom. The number of benzene rings is 1. The fraction of sp³-hybridized carbons (Fsp3) is 0.167. The third-order valence-corrected chi connectivity index (χ3v) is 3.17. The maximum atomic E-state index is 5.94. The molecule has 1 heterocycles. The van der Waals surface area contributed by atoms with Crippen LogP contribution >= 0.6 is 27.5 Å². The van der Waals surface area contributed by atoms with Gasteiger partial charge in [0.1, 0.15) is 17.3 Å². The van der Waals surface area contributed by atoms with Crippen LogP contribution in [0.5, 0.6) is 0 Å². The van der Waals surface area contributed by atoms with Crippen LogP contribution in [0, 0.1) is 13.8 Å². The van der Waals surface area contributed by atoms with Crippen molar-refractivity contribution in [3.8, 4) is 0 Å². The molecule has 5 heteroatoms. The van der Waals surface area contributed by atoms with Crippen molar-refractivity contribution < 1.29 is 0 Å². The lowest BCUT2D eigenvalue weighted by atomic mass is 10.2. The summed E-state index contributed by atoms with van der Waals surface area (Å²) in [4.78, 5) is 8.09. The highest BCUT2D eigenvalue weighted by molar-refractivity contribution is 9.10. The van der Waals surface area contributed by atoms with Crippen LogP contribution in [0.2, 0.25) is 5.15 Å². The van der Waals surface area contributed by atoms with E-state index in [9.17, 15) is 0 Å². The smallest absolute Gasteiger partial charge is 0.138 e. The van der Waals surface area contributed by atoms with E-state index in [0.717, 1.165) is 21.5 Å². The van der Waals surface area contributed by atoms with Crippen LogP contribution in [-0.2, 0) is 0 Å². The molecule has 0 radical (unpaired) electrons. The third-order valence-electron chi connectivity index (χ3n) is 2.33. The van der Waals surface area contributed by atoms with Crippen molar-refractivity contribution >= 4 is 39.0 Å². The lowest BCUT2D eigenvalue weighted by molar-refractivity contribution is 1.13. The summed E-state index contributed by atoms with van der Waals surface area (Å²) >= 11 is 9.40. The van der Waals surface area contributed by atoms with Gasteiger partial charge in [-0.15, -0.1) is 0 Å². The molecule has 17 heavy (non-hydrogen) atoms. The van der Waals surface area contributed by atoms with E-state index >= 15 is 0 Å². The summed E-state index contributed by atoms with van der Waals surface area (Å²) in [5, 5.41) is 3.70. The van der Waals surface area contributed by atoms with Gasteiger partial charge in [0.15, 0.2) is 0 Å². The molecule has 1 N–H and O–H groups in total. The van der Waals surface area contributed by atoms with E-state index in [1.165, 1.54) is 11.9 Å². The van der Waals surface area contributed by atoms with Gasteiger partial charge in [0.2, 0.25) is 0 Å². The minimum absolute atomic E-state index is 0.467. The molecule has 0 unspecified atom stereocenters. The first-order valence-electron chi connectivity index (χ1n) is 5.07. The third kappa shape index (κ3) is 2.96. The van der Waals surface area contributed by atoms with Crippen molar-refractivity contribution in [2.75, 3.05) is 5.32 Å². The van der Waals surface area contributed by atoms with Crippen molar-refractivity contribution in [1.29, 1.82) is 0 Å². The van der Waals surface area contributed by atoms with Gasteiger partial charge in [0.25, 0.3) is 0 Å². The lowest BCUT2D eigenvalue weighted by Gasteiger charge is -2.10. The normalized spacial score (nSPS) is 10.4. The molecule has 0 aliphatic heterocycles. The van der Waals surface area contributed by atoms with Gasteiger partial charge in [0.05, 0.1) is 0 Å². The van der Waals surface area contributed by atoms with Crippen LogP contribution in [-0.4, -0.2) is 9.97 Å². The van der Waals surface area contributed by atoms with Crippen LogP contribution in [0.3, 0.4) is 0 Å². The van der Waals surface area contributed by atoms with Crippen LogP contribution < -0.4 is 5.32 Å². The lowest BCUT2D eigenvalue weighted by Crippen LogP contribution is -1.98. The van der Waals surface area contributed by atoms with Gasteiger partial charge in [0, 0.05) is 15.7 Å². The first-order valence-corrected chi connectivity index (χ1v) is 6.24. The van der Waals surface area contributed by atoms with Gasteiger partial charge in [-0.25, -0.2) is 9.97 Å². The van der Waals surface area contributed by atoms with E-state index < -0.39 is 0 Å². The second-order valence-corrected chi connectivity index (χ2v) is 5.05. The molecular weight excluding hydrogens is 302 g/mol. The summed E-state index contributed by atoms with van der Waals surface area (Å²) in [6.07, 6.45) is 1.45. The van der Waals surface area contributed by atoms with Gasteiger partial charge in [-0.1, -0.05) is 27.5 Å². The summed E-state index contributed by atoms with van der Waals surface area (Å²) in [5.41, 5.74) is 2.97. The number of nitrogens with one attached hydrogen (secondary N) is 1. The highest BCUT2D eigenvalue weighted by Gasteiger charge is 2.05. The Hall–Kier alpha value is -1.13. The first-order chi connectivity index (χ1) is 8.06. The molecule has 1 aromatic carbocycles. The SMILES string of the molecule is Cc1cc(Br)cc(Nc2ncnc(Cl)c2C)c1. The largest absolute Gasteiger partial charge is 0.340 e. The second-order valence-electron chi connectivity index (χ2n) is 3.78. The number of aryl methyl sites for hydroxylation is 1. The Labute approximate surface area is 113 Å². The molecule has 0 fully saturated rings. The van der Waals surface area contributed by atoms with Crippen molar-refractivity contribution in [3.05, 3.63) is 45.3 Å². The molecule has 0 amide bonds. The Bertz CT molecular complexity index is 537. The van der Waals surface area contributed by atoms with Crippen LogP contribution in [0.4, 0.5) is 11.5 Å². The van der Waals surface area contributed by atoms with E-state index in [1.807, 2.05) is 32.0 Å². The maximum Gasteiger partial charge on any atom is 0.138 e. The number of hydrogen-bond acceptors (Lipinski definition) is 3. The summed E-state index contributed by atoms with van der Waals surface area (Å²) in [7, 11) is 0. The van der Waals surface area contributed by atoms with E-state index in [1.54, 1.807) is 0 Å². The number of nitrogens with zero attached hydrogens (tertiary/aromatic N) is 2. The maximum absolute atomic E-state index is 5.94. The average molecular weight is 313 g/mol. The number of anilines is 2. The van der Waals surface area contributed by atoms with Crippen LogP contribution in [0.15, 0.2) is 29.0 Å². The number of hydrogen-bond donors (Lipinski definition) is 1. The van der Waals surface area contributed by atoms with E-state index in [2.05, 4.69) is 31.2 Å². The van der Waals surface area contributed by atoms with Crippen molar-refractivity contribution in [2.24, 2.45) is 0 Å². The molecule has 0 bridgehead atoms. The van der Waals surface area contributed by atoms with Crippen molar-refractivity contribution in [2.45, 2.75) is 13.8 Å². The minimum atomic E-state index is 0.467. The summed E-state index contributed by atoms with van der Waals surface area (Å²) in [6.45, 7) is 3.92. The first kappa shape index (κ1) is 12.3. The Kier molecular flexibility index (Phi) is 3.64. The fourth-order valence-electron chi connectivity index (χ4n) is 1.50. The fourth-order valence-corrected chi connectivity index (χ4v) is 2.24. The number of halogens is 2. The number of aromatic nitrogens is 2. The van der Waals surface area contributed by atoms with Crippen molar-refractivity contribution in [3.63, 3.8) is 0 Å². The summed E-state index contributed by atoms with van der Waals surface area (Å²) < 4.78 is 1.03. The van der Waals surface area contributed by atoms with E-state index in [4.69, 9.17) is 11.6 Å². The quantitative estimate of drug-likeness (QED) is 0.842. The monoisotopic (exact) mass is 311 g/mol. The molecular formula is C12H11BrClN3. The van der Waals surface area contributed by atoms with E-state index in [0.29, 0.717) is 5.15 Å². The van der Waals surface area contributed by atoms with E-state index in [-0.39, 0.29) is 0 Å². The summed E-state index contributed by atoms with van der Waals surface area (Å²) in [6, 6.07) is 6.08. The van der Waals surface area contributed by atoms with Crippen LogP contribution in [0.25, 0.3) is 0 Å². The summed E-state index contributed by atoms with van der Waals surface area (Å²) in [5.74, 6) is 0.725. The molecule has 0 saturated heterocycles. The molecule has 0 spiro atoms. The van der Waals surface area contributed by atoms with Gasteiger partial charge < -0.3 is 5.32 Å². The zero-order valence-electron chi connectivity index (χ0n) is 9.46. The predicted molar refractivity (Wildman–Crippen MR) is 73.9 cm³/mol. The molecule has 0 saturated carbocycles. The number of rotatable bonds is 2. The zero-order chi connectivity index (χ0) is 12.4. The predicted octanol–water partition coefficient (Wildman–Crippen LogP) is 4.25. The topological polar surface area (TPSA) is 37.8 Å². The Morgan fingerprint density at radius 3 is 2.65 bits per heavy atom. The Balaban J connectivity index is 2.34. The zero-order valence-corrected chi connectivity index (χ0v) is 11.8. The van der Waals surface area contributed by atoms with Gasteiger partial charge in [-0.3, -0.25) is 0 Å². The molecule has 0 atom stereocenters. The Morgan fingerprint density at radius 2 is 1.94 bits per heavy atom. The molecule has 2 rings (SSSR count). The second kappa shape index (κ2) is 5.02. The van der Waals surface area contributed by atoms with Gasteiger partial charge >= 0.3 is 0 Å². The average Bonchev–Trinajstić information content (AvgIpc) is 2.23.